The first-order valence-electron chi connectivity index (χ1n) is 5.88. The lowest BCUT2D eigenvalue weighted by Gasteiger charge is -2.14. The van der Waals surface area contributed by atoms with Crippen LogP contribution in [0.2, 0.25) is 0 Å². The molecule has 5 nitrogen and oxygen atoms in total. The van der Waals surface area contributed by atoms with E-state index in [1.54, 1.807) is 6.92 Å². The van der Waals surface area contributed by atoms with Crippen LogP contribution in [0.25, 0.3) is 0 Å². The van der Waals surface area contributed by atoms with E-state index in [0.29, 0.717) is 0 Å². The number of nitrogens with one attached hydrogen (secondary N) is 1. The van der Waals surface area contributed by atoms with Gasteiger partial charge in [-0.2, -0.15) is 0 Å². The number of nitrogens with zero attached hydrogens (tertiary/aromatic N) is 1. The SMILES string of the molecule is C[C@H](NS(=O)(=O)c1ccc(N)nc1)c1ccc(Br)cc1. The maximum absolute atomic E-state index is 12.2. The lowest BCUT2D eigenvalue weighted by molar-refractivity contribution is 0.566. The first-order chi connectivity index (χ1) is 9.38. The number of rotatable bonds is 4. The van der Waals surface area contributed by atoms with E-state index < -0.39 is 10.0 Å². The van der Waals surface area contributed by atoms with Gasteiger partial charge in [-0.05, 0) is 36.8 Å². The Morgan fingerprint density at radius 2 is 1.85 bits per heavy atom. The molecule has 7 heteroatoms. The molecular weight excluding hydrogens is 342 g/mol. The summed E-state index contributed by atoms with van der Waals surface area (Å²) in [4.78, 5) is 3.88. The minimum Gasteiger partial charge on any atom is -0.384 e. The first kappa shape index (κ1) is 15.0. The molecule has 1 heterocycles. The van der Waals surface area contributed by atoms with Crippen molar-refractivity contribution in [1.29, 1.82) is 0 Å². The molecule has 0 fully saturated rings. The maximum atomic E-state index is 12.2. The van der Waals surface area contributed by atoms with Gasteiger partial charge in [-0.3, -0.25) is 0 Å². The Morgan fingerprint density at radius 3 is 2.40 bits per heavy atom. The normalized spacial score (nSPS) is 13.1. The highest BCUT2D eigenvalue weighted by molar-refractivity contribution is 9.10. The van der Waals surface area contributed by atoms with Crippen LogP contribution in [0.5, 0.6) is 0 Å². The molecular formula is C13H14BrN3O2S. The van der Waals surface area contributed by atoms with Crippen molar-refractivity contribution in [3.8, 4) is 0 Å². The second-order valence-electron chi connectivity index (χ2n) is 4.31. The number of benzene rings is 1. The standard InChI is InChI=1S/C13H14BrN3O2S/c1-9(10-2-4-11(14)5-3-10)17-20(18,19)12-6-7-13(15)16-8-12/h2-9,17H,1H3,(H2,15,16)/t9-/m0/s1. The Morgan fingerprint density at radius 1 is 1.20 bits per heavy atom. The topological polar surface area (TPSA) is 85.1 Å². The highest BCUT2D eigenvalue weighted by Gasteiger charge is 2.18. The number of anilines is 1. The molecule has 0 aliphatic rings. The van der Waals surface area contributed by atoms with Crippen LogP contribution in [0.15, 0.2) is 52.0 Å². The number of halogens is 1. The number of aromatic nitrogens is 1. The number of hydrogen-bond acceptors (Lipinski definition) is 4. The van der Waals surface area contributed by atoms with Gasteiger partial charge >= 0.3 is 0 Å². The van der Waals surface area contributed by atoms with Gasteiger partial charge in [0, 0.05) is 16.7 Å². The third-order valence-corrected chi connectivity index (χ3v) is 4.83. The van der Waals surface area contributed by atoms with Crippen molar-refractivity contribution in [2.24, 2.45) is 0 Å². The molecule has 0 saturated carbocycles. The predicted octanol–water partition coefficient (Wildman–Crippen LogP) is 2.47. The molecule has 0 radical (unpaired) electrons. The monoisotopic (exact) mass is 355 g/mol. The van der Waals surface area contributed by atoms with Crippen LogP contribution < -0.4 is 10.5 Å². The zero-order valence-corrected chi connectivity index (χ0v) is 13.1. The van der Waals surface area contributed by atoms with E-state index in [-0.39, 0.29) is 16.8 Å². The van der Waals surface area contributed by atoms with E-state index in [9.17, 15) is 8.42 Å². The van der Waals surface area contributed by atoms with E-state index >= 15 is 0 Å². The third-order valence-electron chi connectivity index (χ3n) is 2.77. The van der Waals surface area contributed by atoms with E-state index in [2.05, 4.69) is 25.6 Å². The van der Waals surface area contributed by atoms with Gasteiger partial charge < -0.3 is 5.73 Å². The second-order valence-corrected chi connectivity index (χ2v) is 6.94. The van der Waals surface area contributed by atoms with E-state index in [0.717, 1.165) is 10.0 Å². The lowest BCUT2D eigenvalue weighted by Crippen LogP contribution is -2.27. The molecule has 1 aromatic heterocycles. The van der Waals surface area contributed by atoms with E-state index in [4.69, 9.17) is 5.73 Å². The Hall–Kier alpha value is -1.44. The van der Waals surface area contributed by atoms with Crippen molar-refractivity contribution >= 4 is 31.8 Å². The Kier molecular flexibility index (Phi) is 4.42. The van der Waals surface area contributed by atoms with Gasteiger partial charge in [-0.1, -0.05) is 28.1 Å². The molecule has 0 aliphatic carbocycles. The Labute approximate surface area is 126 Å². The smallest absolute Gasteiger partial charge is 0.242 e. The molecule has 0 saturated heterocycles. The molecule has 0 spiro atoms. The molecule has 1 atom stereocenters. The molecule has 2 aromatic rings. The summed E-state index contributed by atoms with van der Waals surface area (Å²) in [6, 6.07) is 10.00. The molecule has 0 amide bonds. The zero-order valence-electron chi connectivity index (χ0n) is 10.7. The van der Waals surface area contributed by atoms with E-state index in [1.165, 1.54) is 18.3 Å². The highest BCUT2D eigenvalue weighted by Crippen LogP contribution is 2.19. The molecule has 20 heavy (non-hydrogen) atoms. The number of pyridine rings is 1. The van der Waals surface area contributed by atoms with Crippen molar-refractivity contribution in [2.75, 3.05) is 5.73 Å². The number of nitrogen functional groups attached to an aromatic ring is 1. The average Bonchev–Trinajstić information content (AvgIpc) is 2.39. The summed E-state index contributed by atoms with van der Waals surface area (Å²) in [6.45, 7) is 1.78. The molecule has 106 valence electrons. The summed E-state index contributed by atoms with van der Waals surface area (Å²) < 4.78 is 27.9. The molecule has 3 N–H and O–H groups in total. The molecule has 1 aromatic carbocycles. The minimum absolute atomic E-state index is 0.0932. The van der Waals surface area contributed by atoms with Crippen molar-refractivity contribution in [3.63, 3.8) is 0 Å². The van der Waals surface area contributed by atoms with Crippen LogP contribution in [-0.4, -0.2) is 13.4 Å². The highest BCUT2D eigenvalue weighted by atomic mass is 79.9. The molecule has 2 rings (SSSR count). The summed E-state index contributed by atoms with van der Waals surface area (Å²) in [5.74, 6) is 0.282. The summed E-state index contributed by atoms with van der Waals surface area (Å²) in [6.07, 6.45) is 1.24. The van der Waals surface area contributed by atoms with Crippen molar-refractivity contribution in [3.05, 3.63) is 52.6 Å². The molecule has 0 bridgehead atoms. The Bertz CT molecular complexity index is 685. The zero-order chi connectivity index (χ0) is 14.8. The van der Waals surface area contributed by atoms with E-state index in [1.807, 2.05) is 24.3 Å². The largest absolute Gasteiger partial charge is 0.384 e. The molecule has 0 aliphatic heterocycles. The molecule has 0 unspecified atom stereocenters. The maximum Gasteiger partial charge on any atom is 0.242 e. The van der Waals surface area contributed by atoms with Crippen LogP contribution in [0.4, 0.5) is 5.82 Å². The van der Waals surface area contributed by atoms with Crippen LogP contribution in [-0.2, 0) is 10.0 Å². The first-order valence-corrected chi connectivity index (χ1v) is 8.15. The summed E-state index contributed by atoms with van der Waals surface area (Å²) in [5, 5.41) is 0. The minimum atomic E-state index is -3.61. The van der Waals surface area contributed by atoms with Crippen molar-refractivity contribution in [1.82, 2.24) is 9.71 Å². The van der Waals surface area contributed by atoms with Gasteiger partial charge in [0.25, 0.3) is 0 Å². The lowest BCUT2D eigenvalue weighted by atomic mass is 10.1. The van der Waals surface area contributed by atoms with Gasteiger partial charge in [0.05, 0.1) is 0 Å². The number of sulfonamides is 1. The van der Waals surface area contributed by atoms with Gasteiger partial charge in [0.15, 0.2) is 0 Å². The van der Waals surface area contributed by atoms with Crippen molar-refractivity contribution in [2.45, 2.75) is 17.9 Å². The van der Waals surface area contributed by atoms with Gasteiger partial charge in [-0.25, -0.2) is 18.1 Å². The second kappa shape index (κ2) is 5.90. The quantitative estimate of drug-likeness (QED) is 0.881. The van der Waals surface area contributed by atoms with Crippen LogP contribution in [0.1, 0.15) is 18.5 Å². The van der Waals surface area contributed by atoms with Crippen molar-refractivity contribution < 1.29 is 8.42 Å². The fourth-order valence-electron chi connectivity index (χ4n) is 1.67. The van der Waals surface area contributed by atoms with Gasteiger partial charge in [0.1, 0.15) is 10.7 Å². The Balaban J connectivity index is 2.19. The summed E-state index contributed by atoms with van der Waals surface area (Å²) in [7, 11) is -3.61. The van der Waals surface area contributed by atoms with Crippen LogP contribution in [0, 0.1) is 0 Å². The number of nitrogens with two attached hydrogens (primary N) is 1. The van der Waals surface area contributed by atoms with Gasteiger partial charge in [0.2, 0.25) is 10.0 Å². The number of hydrogen-bond donors (Lipinski definition) is 2. The van der Waals surface area contributed by atoms with Crippen LogP contribution in [0.3, 0.4) is 0 Å². The summed E-state index contributed by atoms with van der Waals surface area (Å²) >= 11 is 3.34. The summed E-state index contributed by atoms with van der Waals surface area (Å²) in [5.41, 5.74) is 6.32. The third kappa shape index (κ3) is 3.56. The van der Waals surface area contributed by atoms with Gasteiger partial charge in [-0.15, -0.1) is 0 Å². The fraction of sp³-hybridized carbons (Fsp3) is 0.154. The fourth-order valence-corrected chi connectivity index (χ4v) is 3.11. The average molecular weight is 356 g/mol. The predicted molar refractivity (Wildman–Crippen MR) is 81.5 cm³/mol. The van der Waals surface area contributed by atoms with Crippen LogP contribution >= 0.6 is 15.9 Å².